The van der Waals surface area contributed by atoms with E-state index in [9.17, 15) is 4.79 Å². The first-order chi connectivity index (χ1) is 5.13. The monoisotopic (exact) mass is 157 g/mol. The van der Waals surface area contributed by atoms with Gasteiger partial charge in [-0.3, -0.25) is 4.79 Å². The molecule has 0 aromatic heterocycles. The third-order valence-electron chi connectivity index (χ3n) is 1.57. The highest BCUT2D eigenvalue weighted by Gasteiger charge is 2.20. The zero-order valence-electron chi connectivity index (χ0n) is 6.56. The average molecular weight is 157 g/mol. The Morgan fingerprint density at radius 2 is 2.36 bits per heavy atom. The van der Waals surface area contributed by atoms with E-state index in [-0.39, 0.29) is 0 Å². The molecule has 0 spiro atoms. The zero-order chi connectivity index (χ0) is 8.85. The molecule has 62 valence electrons. The van der Waals surface area contributed by atoms with Crippen LogP contribution in [-0.2, 0) is 4.79 Å². The molecule has 0 amide bonds. The predicted octanol–water partition coefficient (Wildman–Crippen LogP) is 1.80. The van der Waals surface area contributed by atoms with Crippen LogP contribution in [0, 0.1) is 5.92 Å². The van der Waals surface area contributed by atoms with Crippen LogP contribution in [0.15, 0.2) is 5.11 Å². The van der Waals surface area contributed by atoms with Crippen molar-refractivity contribution < 1.29 is 9.90 Å². The van der Waals surface area contributed by atoms with E-state index < -0.39 is 17.9 Å². The second-order valence-corrected chi connectivity index (χ2v) is 2.30. The standard InChI is InChI=1S/C6H11N3O2/c1-3-5(6(10)11)4(2)8-9-7/h4-5H,3H2,1-2H3,(H,10,11). The first-order valence-electron chi connectivity index (χ1n) is 3.40. The van der Waals surface area contributed by atoms with Gasteiger partial charge < -0.3 is 5.11 Å². The highest BCUT2D eigenvalue weighted by atomic mass is 16.4. The van der Waals surface area contributed by atoms with Crippen molar-refractivity contribution in [2.75, 3.05) is 0 Å². The summed E-state index contributed by atoms with van der Waals surface area (Å²) in [5.41, 5.74) is 8.03. The Labute approximate surface area is 64.7 Å². The summed E-state index contributed by atoms with van der Waals surface area (Å²) >= 11 is 0. The van der Waals surface area contributed by atoms with Crippen molar-refractivity contribution in [3.8, 4) is 0 Å². The van der Waals surface area contributed by atoms with Gasteiger partial charge in [0.25, 0.3) is 0 Å². The van der Waals surface area contributed by atoms with Crippen LogP contribution in [0.4, 0.5) is 0 Å². The van der Waals surface area contributed by atoms with E-state index in [4.69, 9.17) is 10.6 Å². The van der Waals surface area contributed by atoms with Crippen molar-refractivity contribution in [3.05, 3.63) is 10.4 Å². The van der Waals surface area contributed by atoms with E-state index in [0.29, 0.717) is 6.42 Å². The van der Waals surface area contributed by atoms with Gasteiger partial charge in [-0.25, -0.2) is 0 Å². The Morgan fingerprint density at radius 3 is 2.64 bits per heavy atom. The minimum atomic E-state index is -0.910. The molecule has 0 saturated heterocycles. The molecule has 0 heterocycles. The molecule has 2 atom stereocenters. The van der Waals surface area contributed by atoms with Gasteiger partial charge in [0.05, 0.1) is 5.92 Å². The predicted molar refractivity (Wildman–Crippen MR) is 40.0 cm³/mol. The van der Waals surface area contributed by atoms with E-state index in [1.54, 1.807) is 13.8 Å². The molecule has 0 aromatic rings. The molecule has 0 aliphatic rings. The number of carbonyl (C=O) groups is 1. The van der Waals surface area contributed by atoms with Crippen molar-refractivity contribution in [1.29, 1.82) is 0 Å². The molecule has 0 fully saturated rings. The second-order valence-electron chi connectivity index (χ2n) is 2.30. The molecule has 1 N–H and O–H groups in total. The molecule has 0 bridgehead atoms. The van der Waals surface area contributed by atoms with Crippen LogP contribution in [-0.4, -0.2) is 17.1 Å². The quantitative estimate of drug-likeness (QED) is 0.383. The van der Waals surface area contributed by atoms with Crippen molar-refractivity contribution in [1.82, 2.24) is 0 Å². The van der Waals surface area contributed by atoms with Crippen LogP contribution >= 0.6 is 0 Å². The Kier molecular flexibility index (Phi) is 4.07. The molecular formula is C6H11N3O2. The van der Waals surface area contributed by atoms with Crippen molar-refractivity contribution >= 4 is 5.97 Å². The lowest BCUT2D eigenvalue weighted by molar-refractivity contribution is -0.142. The first kappa shape index (κ1) is 9.78. The van der Waals surface area contributed by atoms with Crippen molar-refractivity contribution in [3.63, 3.8) is 0 Å². The van der Waals surface area contributed by atoms with E-state index in [1.165, 1.54) is 0 Å². The fourth-order valence-electron chi connectivity index (χ4n) is 0.884. The third-order valence-corrected chi connectivity index (χ3v) is 1.57. The highest BCUT2D eigenvalue weighted by Crippen LogP contribution is 2.11. The van der Waals surface area contributed by atoms with Gasteiger partial charge in [0.15, 0.2) is 0 Å². The van der Waals surface area contributed by atoms with Gasteiger partial charge in [-0.05, 0) is 12.0 Å². The number of carboxylic acids is 1. The smallest absolute Gasteiger partial charge is 0.306 e. The molecule has 2 unspecified atom stereocenters. The molecule has 0 aromatic carbocycles. The normalized spacial score (nSPS) is 14.7. The van der Waals surface area contributed by atoms with Crippen LogP contribution in [0.25, 0.3) is 10.4 Å². The van der Waals surface area contributed by atoms with Crippen LogP contribution in [0.1, 0.15) is 20.3 Å². The molecule has 0 aliphatic carbocycles. The van der Waals surface area contributed by atoms with Gasteiger partial charge in [0, 0.05) is 11.0 Å². The lowest BCUT2D eigenvalue weighted by atomic mass is 10.00. The largest absolute Gasteiger partial charge is 0.481 e. The Bertz CT molecular complexity index is 186. The summed E-state index contributed by atoms with van der Waals surface area (Å²) in [6.45, 7) is 3.35. The molecule has 11 heavy (non-hydrogen) atoms. The van der Waals surface area contributed by atoms with E-state index in [2.05, 4.69) is 10.0 Å². The Hall–Kier alpha value is -1.22. The SMILES string of the molecule is CCC(C(=O)O)C(C)N=[N+]=[N-]. The molecule has 5 nitrogen and oxygen atoms in total. The summed E-state index contributed by atoms with van der Waals surface area (Å²) in [6, 6.07) is -0.470. The number of nitrogens with zero attached hydrogens (tertiary/aromatic N) is 3. The summed E-state index contributed by atoms with van der Waals surface area (Å²) in [4.78, 5) is 13.0. The summed E-state index contributed by atoms with van der Waals surface area (Å²) < 4.78 is 0. The summed E-state index contributed by atoms with van der Waals surface area (Å²) in [7, 11) is 0. The molecule has 5 heteroatoms. The number of carboxylic acid groups (broad SMARTS) is 1. The minimum Gasteiger partial charge on any atom is -0.481 e. The molecular weight excluding hydrogens is 146 g/mol. The molecule has 0 saturated carbocycles. The van der Waals surface area contributed by atoms with Crippen molar-refractivity contribution in [2.24, 2.45) is 11.0 Å². The van der Waals surface area contributed by atoms with E-state index >= 15 is 0 Å². The van der Waals surface area contributed by atoms with Crippen molar-refractivity contribution in [2.45, 2.75) is 26.3 Å². The van der Waals surface area contributed by atoms with Crippen LogP contribution in [0.3, 0.4) is 0 Å². The van der Waals surface area contributed by atoms with Gasteiger partial charge in [0.2, 0.25) is 0 Å². The highest BCUT2D eigenvalue weighted by molar-refractivity contribution is 5.70. The van der Waals surface area contributed by atoms with Crippen LogP contribution in [0.2, 0.25) is 0 Å². The molecule has 0 aliphatic heterocycles. The molecule has 0 rings (SSSR count). The first-order valence-corrected chi connectivity index (χ1v) is 3.40. The maximum Gasteiger partial charge on any atom is 0.306 e. The summed E-state index contributed by atoms with van der Waals surface area (Å²) in [5.74, 6) is -1.47. The van der Waals surface area contributed by atoms with Gasteiger partial charge in [-0.2, -0.15) is 0 Å². The number of rotatable bonds is 4. The minimum absolute atomic E-state index is 0.470. The topological polar surface area (TPSA) is 86.1 Å². The molecule has 0 radical (unpaired) electrons. The average Bonchev–Trinajstić information content (AvgIpc) is 1.88. The van der Waals surface area contributed by atoms with Gasteiger partial charge in [0.1, 0.15) is 0 Å². The van der Waals surface area contributed by atoms with E-state index in [0.717, 1.165) is 0 Å². The van der Waals surface area contributed by atoms with Gasteiger partial charge in [-0.1, -0.05) is 19.0 Å². The van der Waals surface area contributed by atoms with Gasteiger partial charge >= 0.3 is 5.97 Å². The van der Waals surface area contributed by atoms with Crippen LogP contribution < -0.4 is 0 Å². The summed E-state index contributed by atoms with van der Waals surface area (Å²) in [6.07, 6.45) is 0.482. The second kappa shape index (κ2) is 4.57. The van der Waals surface area contributed by atoms with Gasteiger partial charge in [-0.15, -0.1) is 0 Å². The third kappa shape index (κ3) is 2.91. The number of hydrogen-bond donors (Lipinski definition) is 1. The Balaban J connectivity index is 4.24. The number of azide groups is 1. The number of hydrogen-bond acceptors (Lipinski definition) is 2. The summed E-state index contributed by atoms with van der Waals surface area (Å²) in [5, 5.41) is 11.9. The fourth-order valence-corrected chi connectivity index (χ4v) is 0.884. The van der Waals surface area contributed by atoms with Crippen LogP contribution in [0.5, 0.6) is 0 Å². The number of aliphatic carboxylic acids is 1. The maximum absolute atomic E-state index is 10.5. The lowest BCUT2D eigenvalue weighted by Gasteiger charge is -2.11. The zero-order valence-corrected chi connectivity index (χ0v) is 6.56. The van der Waals surface area contributed by atoms with E-state index in [1.807, 2.05) is 0 Å². The lowest BCUT2D eigenvalue weighted by Crippen LogP contribution is -2.23. The Morgan fingerprint density at radius 1 is 1.82 bits per heavy atom. The maximum atomic E-state index is 10.5. The fraction of sp³-hybridized carbons (Fsp3) is 0.833.